The van der Waals surface area contributed by atoms with Crippen molar-refractivity contribution in [1.82, 2.24) is 5.32 Å². The second-order valence-electron chi connectivity index (χ2n) is 7.00. The van der Waals surface area contributed by atoms with E-state index in [1.165, 1.54) is 12.1 Å². The molecule has 1 aromatic heterocycles. The Hall–Kier alpha value is -3.61. The second-order valence-corrected chi connectivity index (χ2v) is 7.00. The van der Waals surface area contributed by atoms with E-state index in [2.05, 4.69) is 5.32 Å². The molecule has 1 aliphatic rings. The van der Waals surface area contributed by atoms with Crippen molar-refractivity contribution >= 4 is 11.9 Å². The van der Waals surface area contributed by atoms with Crippen molar-refractivity contribution in [1.29, 1.82) is 0 Å². The standard InChI is InChI=1S/C24H25NO6/c1-5-29-23(27)20-14(3)25-15(4)21(24(28)30-6-2)22(20)19-13-17(26)12-18(31-19)16-10-8-7-9-11-16/h7-13,22,25H,5-6H2,1-4H3. The topological polar surface area (TPSA) is 94.8 Å². The zero-order chi connectivity index (χ0) is 22.5. The van der Waals surface area contributed by atoms with Crippen molar-refractivity contribution in [3.05, 3.63) is 81.0 Å². The molecule has 0 spiro atoms. The van der Waals surface area contributed by atoms with Gasteiger partial charge in [0.05, 0.1) is 30.3 Å². The number of carbonyl (C=O) groups is 2. The van der Waals surface area contributed by atoms with Crippen LogP contribution in [0.15, 0.2) is 74.2 Å². The number of hydrogen-bond acceptors (Lipinski definition) is 7. The van der Waals surface area contributed by atoms with Crippen LogP contribution in [0.1, 0.15) is 39.4 Å². The molecule has 2 aromatic rings. The summed E-state index contributed by atoms with van der Waals surface area (Å²) in [6.45, 7) is 7.14. The number of dihydropyridines is 1. The highest BCUT2D eigenvalue weighted by atomic mass is 16.5. The average molecular weight is 423 g/mol. The number of benzene rings is 1. The van der Waals surface area contributed by atoms with Gasteiger partial charge in [-0.1, -0.05) is 30.3 Å². The summed E-state index contributed by atoms with van der Waals surface area (Å²) in [6, 6.07) is 11.8. The lowest BCUT2D eigenvalue weighted by atomic mass is 9.83. The van der Waals surface area contributed by atoms with Crippen molar-refractivity contribution in [2.75, 3.05) is 13.2 Å². The van der Waals surface area contributed by atoms with Crippen molar-refractivity contribution in [2.45, 2.75) is 33.6 Å². The molecule has 2 heterocycles. The van der Waals surface area contributed by atoms with Gasteiger partial charge in [0.25, 0.3) is 0 Å². The number of rotatable bonds is 6. The fraction of sp³-hybridized carbons (Fsp3) is 0.292. The second kappa shape index (κ2) is 9.47. The Labute approximate surface area is 180 Å². The van der Waals surface area contributed by atoms with E-state index >= 15 is 0 Å². The normalized spacial score (nSPS) is 14.3. The molecule has 7 heteroatoms. The number of ether oxygens (including phenoxy) is 2. The molecule has 0 unspecified atom stereocenters. The molecular weight excluding hydrogens is 398 g/mol. The van der Waals surface area contributed by atoms with E-state index in [1.54, 1.807) is 27.7 Å². The number of nitrogens with one attached hydrogen (secondary N) is 1. The van der Waals surface area contributed by atoms with Gasteiger partial charge in [-0.2, -0.15) is 0 Å². The van der Waals surface area contributed by atoms with Crippen LogP contribution in [0.2, 0.25) is 0 Å². The quantitative estimate of drug-likeness (QED) is 0.709. The van der Waals surface area contributed by atoms with Crippen molar-refractivity contribution < 1.29 is 23.5 Å². The van der Waals surface area contributed by atoms with Gasteiger partial charge < -0.3 is 19.2 Å². The Morgan fingerprint density at radius 1 is 0.935 bits per heavy atom. The van der Waals surface area contributed by atoms with Gasteiger partial charge in [0.15, 0.2) is 5.43 Å². The highest BCUT2D eigenvalue weighted by Crippen LogP contribution is 2.39. The largest absolute Gasteiger partial charge is 0.463 e. The van der Waals surface area contributed by atoms with Gasteiger partial charge in [0.1, 0.15) is 11.5 Å². The molecule has 0 saturated carbocycles. The van der Waals surface area contributed by atoms with Gasteiger partial charge >= 0.3 is 11.9 Å². The molecule has 0 radical (unpaired) electrons. The van der Waals surface area contributed by atoms with E-state index in [0.29, 0.717) is 22.7 Å². The summed E-state index contributed by atoms with van der Waals surface area (Å²) in [4.78, 5) is 38.3. The monoisotopic (exact) mass is 423 g/mol. The molecule has 31 heavy (non-hydrogen) atoms. The molecule has 7 nitrogen and oxygen atoms in total. The van der Waals surface area contributed by atoms with Gasteiger partial charge in [-0.15, -0.1) is 0 Å². The Morgan fingerprint density at radius 2 is 1.48 bits per heavy atom. The molecule has 1 aromatic carbocycles. The van der Waals surface area contributed by atoms with Gasteiger partial charge in [-0.3, -0.25) is 4.79 Å². The maximum absolute atomic E-state index is 12.9. The molecule has 0 fully saturated rings. The van der Waals surface area contributed by atoms with Crippen LogP contribution in [-0.4, -0.2) is 25.2 Å². The van der Waals surface area contributed by atoms with E-state index in [9.17, 15) is 14.4 Å². The summed E-state index contributed by atoms with van der Waals surface area (Å²) >= 11 is 0. The van der Waals surface area contributed by atoms with Gasteiger partial charge in [0, 0.05) is 29.1 Å². The highest BCUT2D eigenvalue weighted by molar-refractivity contribution is 5.99. The van der Waals surface area contributed by atoms with Crippen LogP contribution >= 0.6 is 0 Å². The molecule has 0 bridgehead atoms. The van der Waals surface area contributed by atoms with Crippen molar-refractivity contribution in [3.63, 3.8) is 0 Å². The molecular formula is C24H25NO6. The molecule has 3 rings (SSSR count). The lowest BCUT2D eigenvalue weighted by Gasteiger charge is -2.29. The predicted octanol–water partition coefficient (Wildman–Crippen LogP) is 3.67. The first-order chi connectivity index (χ1) is 14.9. The van der Waals surface area contributed by atoms with Crippen LogP contribution in [0.3, 0.4) is 0 Å². The first-order valence-corrected chi connectivity index (χ1v) is 10.1. The molecule has 162 valence electrons. The molecule has 0 atom stereocenters. The Morgan fingerprint density at radius 3 is 2.00 bits per heavy atom. The van der Waals surface area contributed by atoms with Crippen LogP contribution in [0.4, 0.5) is 0 Å². The maximum Gasteiger partial charge on any atom is 0.336 e. The Kier molecular flexibility index (Phi) is 6.74. The van der Waals surface area contributed by atoms with E-state index in [-0.39, 0.29) is 35.5 Å². The Bertz CT molecular complexity index is 1070. The lowest BCUT2D eigenvalue weighted by molar-refractivity contribution is -0.139. The number of allylic oxidation sites excluding steroid dienone is 2. The number of hydrogen-bond donors (Lipinski definition) is 1. The fourth-order valence-electron chi connectivity index (χ4n) is 3.62. The van der Waals surface area contributed by atoms with E-state index < -0.39 is 17.9 Å². The minimum Gasteiger partial charge on any atom is -0.463 e. The first kappa shape index (κ1) is 22.1. The zero-order valence-electron chi connectivity index (χ0n) is 18.0. The highest BCUT2D eigenvalue weighted by Gasteiger charge is 2.39. The lowest BCUT2D eigenvalue weighted by Crippen LogP contribution is -2.33. The maximum atomic E-state index is 12.9. The minimum absolute atomic E-state index is 0.160. The number of esters is 2. The third kappa shape index (κ3) is 4.60. The third-order valence-corrected chi connectivity index (χ3v) is 4.88. The fourth-order valence-corrected chi connectivity index (χ4v) is 3.62. The third-order valence-electron chi connectivity index (χ3n) is 4.88. The molecule has 0 aliphatic carbocycles. The van der Waals surface area contributed by atoms with Gasteiger partial charge in [-0.05, 0) is 27.7 Å². The van der Waals surface area contributed by atoms with Crippen LogP contribution in [0.5, 0.6) is 0 Å². The van der Waals surface area contributed by atoms with Crippen LogP contribution < -0.4 is 10.7 Å². The summed E-state index contributed by atoms with van der Waals surface area (Å²) < 4.78 is 16.6. The van der Waals surface area contributed by atoms with Crippen molar-refractivity contribution in [2.24, 2.45) is 0 Å². The van der Waals surface area contributed by atoms with Crippen LogP contribution in [-0.2, 0) is 19.1 Å². The van der Waals surface area contributed by atoms with E-state index in [4.69, 9.17) is 13.9 Å². The molecule has 0 saturated heterocycles. The first-order valence-electron chi connectivity index (χ1n) is 10.1. The van der Waals surface area contributed by atoms with Gasteiger partial charge in [-0.25, -0.2) is 9.59 Å². The zero-order valence-corrected chi connectivity index (χ0v) is 18.0. The van der Waals surface area contributed by atoms with E-state index in [0.717, 1.165) is 0 Å². The minimum atomic E-state index is -0.948. The SMILES string of the molecule is CCOC(=O)C1=C(C)NC(C)=C(C(=O)OCC)C1c1cc(=O)cc(-c2ccccc2)o1. The van der Waals surface area contributed by atoms with Gasteiger partial charge in [0.2, 0.25) is 0 Å². The van der Waals surface area contributed by atoms with Crippen LogP contribution in [0.25, 0.3) is 11.3 Å². The summed E-state index contributed by atoms with van der Waals surface area (Å²) in [6.07, 6.45) is 0. The molecule has 1 aliphatic heterocycles. The summed E-state index contributed by atoms with van der Waals surface area (Å²) in [7, 11) is 0. The predicted molar refractivity (Wildman–Crippen MR) is 115 cm³/mol. The molecule has 1 N–H and O–H groups in total. The van der Waals surface area contributed by atoms with Crippen LogP contribution in [0, 0.1) is 0 Å². The summed E-state index contributed by atoms with van der Waals surface area (Å²) in [5, 5.41) is 3.06. The van der Waals surface area contributed by atoms with Crippen molar-refractivity contribution in [3.8, 4) is 11.3 Å². The Balaban J connectivity index is 2.24. The number of carbonyl (C=O) groups excluding carboxylic acids is 2. The molecule has 0 amide bonds. The smallest absolute Gasteiger partial charge is 0.336 e. The summed E-state index contributed by atoms with van der Waals surface area (Å²) in [5.74, 6) is -1.64. The average Bonchev–Trinajstić information content (AvgIpc) is 2.73. The summed E-state index contributed by atoms with van der Waals surface area (Å²) in [5.41, 5.74) is 1.82. The van der Waals surface area contributed by atoms with E-state index in [1.807, 2.05) is 30.3 Å².